The second-order valence-corrected chi connectivity index (χ2v) is 6.36. The molecule has 0 atom stereocenters. The Kier molecular flexibility index (Phi) is 6.39. The number of nitrogens with one attached hydrogen (secondary N) is 2. The standard InChI is InChI=1S/C22H26N4O3/c1-5-12-29-22(27)25-18-13-16-17(14-19(18)26(6-2)7-3)24-21(23-16)15-10-8-9-11-20(15)28-4/h5,8-11,13-14H,1,6-7,12H2,2-4H3,(H,23,24)(H,25,27). The van der Waals surface area contributed by atoms with Gasteiger partial charge in [-0.3, -0.25) is 5.32 Å². The van der Waals surface area contributed by atoms with E-state index in [1.54, 1.807) is 7.11 Å². The summed E-state index contributed by atoms with van der Waals surface area (Å²) in [5, 5.41) is 2.83. The fourth-order valence-corrected chi connectivity index (χ4v) is 3.22. The molecule has 3 rings (SSSR count). The van der Waals surface area contributed by atoms with Gasteiger partial charge in [0.25, 0.3) is 0 Å². The van der Waals surface area contributed by atoms with Crippen LogP contribution in [0.4, 0.5) is 16.2 Å². The molecule has 0 bridgehead atoms. The second kappa shape index (κ2) is 9.14. The van der Waals surface area contributed by atoms with E-state index in [1.165, 1.54) is 6.08 Å². The maximum atomic E-state index is 12.1. The summed E-state index contributed by atoms with van der Waals surface area (Å²) in [6, 6.07) is 11.6. The smallest absolute Gasteiger partial charge is 0.412 e. The van der Waals surface area contributed by atoms with E-state index in [9.17, 15) is 4.79 Å². The van der Waals surface area contributed by atoms with Gasteiger partial charge in [-0.15, -0.1) is 0 Å². The molecule has 0 aliphatic heterocycles. The first kappa shape index (κ1) is 20.3. The minimum atomic E-state index is -0.529. The van der Waals surface area contributed by atoms with Gasteiger partial charge in [0.05, 0.1) is 35.1 Å². The van der Waals surface area contributed by atoms with Gasteiger partial charge in [-0.25, -0.2) is 9.78 Å². The zero-order chi connectivity index (χ0) is 20.8. The van der Waals surface area contributed by atoms with Crippen molar-refractivity contribution in [2.24, 2.45) is 0 Å². The average Bonchev–Trinajstić information content (AvgIpc) is 3.15. The lowest BCUT2D eigenvalue weighted by molar-refractivity contribution is 0.174. The van der Waals surface area contributed by atoms with Gasteiger partial charge in [-0.2, -0.15) is 0 Å². The molecule has 0 spiro atoms. The van der Waals surface area contributed by atoms with Gasteiger partial charge < -0.3 is 19.4 Å². The van der Waals surface area contributed by atoms with Gasteiger partial charge in [-0.05, 0) is 38.1 Å². The first-order valence-electron chi connectivity index (χ1n) is 9.58. The summed E-state index contributed by atoms with van der Waals surface area (Å²) in [6.45, 7) is 9.44. The van der Waals surface area contributed by atoms with Crippen LogP contribution < -0.4 is 15.0 Å². The average molecular weight is 394 g/mol. The molecule has 2 aromatic carbocycles. The number of para-hydroxylation sites is 1. The first-order valence-corrected chi connectivity index (χ1v) is 9.58. The summed E-state index contributed by atoms with van der Waals surface area (Å²) in [4.78, 5) is 22.4. The van der Waals surface area contributed by atoms with Gasteiger partial charge in [-0.1, -0.05) is 24.8 Å². The van der Waals surface area contributed by atoms with E-state index in [1.807, 2.05) is 36.4 Å². The highest BCUT2D eigenvalue weighted by molar-refractivity contribution is 5.96. The highest BCUT2D eigenvalue weighted by Crippen LogP contribution is 2.34. The number of benzene rings is 2. The Bertz CT molecular complexity index is 1010. The number of H-pyrrole nitrogens is 1. The number of hydrogen-bond acceptors (Lipinski definition) is 5. The van der Waals surface area contributed by atoms with Crippen molar-refractivity contribution in [1.82, 2.24) is 9.97 Å². The molecule has 0 aliphatic carbocycles. The number of rotatable bonds is 8. The third-order valence-electron chi connectivity index (χ3n) is 4.63. The molecule has 0 fully saturated rings. The molecule has 0 aliphatic rings. The molecule has 0 radical (unpaired) electrons. The maximum absolute atomic E-state index is 12.1. The number of anilines is 2. The Labute approximate surface area is 170 Å². The molecular formula is C22H26N4O3. The Balaban J connectivity index is 2.07. The van der Waals surface area contributed by atoms with E-state index in [4.69, 9.17) is 14.5 Å². The van der Waals surface area contributed by atoms with Crippen LogP contribution in [0.2, 0.25) is 0 Å². The van der Waals surface area contributed by atoms with Crippen LogP contribution in [0.3, 0.4) is 0 Å². The number of ether oxygens (including phenoxy) is 2. The molecule has 7 heteroatoms. The van der Waals surface area contributed by atoms with Gasteiger partial charge >= 0.3 is 6.09 Å². The van der Waals surface area contributed by atoms with Crippen LogP contribution in [0.5, 0.6) is 5.75 Å². The number of fused-ring (bicyclic) bond motifs is 1. The quantitative estimate of drug-likeness (QED) is 0.536. The maximum Gasteiger partial charge on any atom is 0.412 e. The Morgan fingerprint density at radius 2 is 2.03 bits per heavy atom. The van der Waals surface area contributed by atoms with Crippen LogP contribution in [0.15, 0.2) is 49.1 Å². The Hall–Kier alpha value is -3.48. The highest BCUT2D eigenvalue weighted by atomic mass is 16.5. The number of imidazole rings is 1. The third kappa shape index (κ3) is 4.34. The van der Waals surface area contributed by atoms with Crippen LogP contribution >= 0.6 is 0 Å². The topological polar surface area (TPSA) is 79.5 Å². The minimum absolute atomic E-state index is 0.148. The predicted octanol–water partition coefficient (Wildman–Crippen LogP) is 4.82. The second-order valence-electron chi connectivity index (χ2n) is 6.36. The molecule has 2 N–H and O–H groups in total. The predicted molar refractivity (Wildman–Crippen MR) is 117 cm³/mol. The van der Waals surface area contributed by atoms with E-state index >= 15 is 0 Å². The monoisotopic (exact) mass is 394 g/mol. The van der Waals surface area contributed by atoms with Crippen LogP contribution in [0.25, 0.3) is 22.4 Å². The lowest BCUT2D eigenvalue weighted by atomic mass is 10.2. The van der Waals surface area contributed by atoms with E-state index in [2.05, 4.69) is 35.6 Å². The molecule has 1 aromatic heterocycles. The van der Waals surface area contributed by atoms with E-state index in [0.29, 0.717) is 11.5 Å². The summed E-state index contributed by atoms with van der Waals surface area (Å²) in [7, 11) is 1.64. The fraction of sp³-hybridized carbons (Fsp3) is 0.273. The summed E-state index contributed by atoms with van der Waals surface area (Å²) in [5.41, 5.74) is 4.02. The van der Waals surface area contributed by atoms with E-state index < -0.39 is 6.09 Å². The van der Waals surface area contributed by atoms with Crippen LogP contribution in [0.1, 0.15) is 13.8 Å². The summed E-state index contributed by atoms with van der Waals surface area (Å²) in [5.74, 6) is 1.44. The molecule has 7 nitrogen and oxygen atoms in total. The van der Waals surface area contributed by atoms with Gasteiger partial charge in [0.1, 0.15) is 18.2 Å². The molecule has 1 heterocycles. The van der Waals surface area contributed by atoms with Crippen molar-refractivity contribution >= 4 is 28.5 Å². The van der Waals surface area contributed by atoms with Crippen LogP contribution in [-0.4, -0.2) is 42.9 Å². The van der Waals surface area contributed by atoms with Crippen molar-refractivity contribution in [1.29, 1.82) is 0 Å². The third-order valence-corrected chi connectivity index (χ3v) is 4.63. The SMILES string of the molecule is C=CCOC(=O)Nc1cc2nc(-c3ccccc3OC)[nH]c2cc1N(CC)CC. The molecule has 29 heavy (non-hydrogen) atoms. The van der Waals surface area contributed by atoms with Crippen LogP contribution in [0, 0.1) is 0 Å². The van der Waals surface area contributed by atoms with Crippen molar-refractivity contribution in [3.05, 3.63) is 49.1 Å². The van der Waals surface area contributed by atoms with Crippen LogP contribution in [-0.2, 0) is 4.74 Å². The number of nitrogens with zero attached hydrogens (tertiary/aromatic N) is 2. The summed E-state index contributed by atoms with van der Waals surface area (Å²) >= 11 is 0. The van der Waals surface area contributed by atoms with Crippen molar-refractivity contribution in [2.45, 2.75) is 13.8 Å². The fourth-order valence-electron chi connectivity index (χ4n) is 3.22. The number of carbonyl (C=O) groups excluding carboxylic acids is 1. The molecule has 0 unspecified atom stereocenters. The lowest BCUT2D eigenvalue weighted by Crippen LogP contribution is -2.24. The van der Waals surface area contributed by atoms with E-state index in [0.717, 1.165) is 41.1 Å². The number of carbonyl (C=O) groups is 1. The van der Waals surface area contributed by atoms with Crippen molar-refractivity contribution in [2.75, 3.05) is 37.0 Å². The number of methoxy groups -OCH3 is 1. The lowest BCUT2D eigenvalue weighted by Gasteiger charge is -2.24. The number of aromatic amines is 1. The summed E-state index contributed by atoms with van der Waals surface area (Å²) < 4.78 is 10.5. The Morgan fingerprint density at radius 1 is 1.28 bits per heavy atom. The number of hydrogen-bond donors (Lipinski definition) is 2. The molecule has 0 saturated carbocycles. The zero-order valence-corrected chi connectivity index (χ0v) is 17.0. The molecule has 0 saturated heterocycles. The normalized spacial score (nSPS) is 10.6. The Morgan fingerprint density at radius 3 is 2.72 bits per heavy atom. The largest absolute Gasteiger partial charge is 0.496 e. The molecule has 152 valence electrons. The summed E-state index contributed by atoms with van der Waals surface area (Å²) in [6.07, 6.45) is 1.000. The molecule has 1 amide bonds. The first-order chi connectivity index (χ1) is 14.1. The number of amides is 1. The van der Waals surface area contributed by atoms with Crippen molar-refractivity contribution in [3.8, 4) is 17.1 Å². The highest BCUT2D eigenvalue weighted by Gasteiger charge is 2.17. The van der Waals surface area contributed by atoms with Gasteiger partial charge in [0.2, 0.25) is 0 Å². The zero-order valence-electron chi connectivity index (χ0n) is 17.0. The van der Waals surface area contributed by atoms with Crippen molar-refractivity contribution in [3.63, 3.8) is 0 Å². The molecular weight excluding hydrogens is 368 g/mol. The van der Waals surface area contributed by atoms with E-state index in [-0.39, 0.29) is 6.61 Å². The molecule has 3 aromatic rings. The minimum Gasteiger partial charge on any atom is -0.496 e. The number of aromatic nitrogens is 2. The van der Waals surface area contributed by atoms with Crippen molar-refractivity contribution < 1.29 is 14.3 Å². The van der Waals surface area contributed by atoms with Gasteiger partial charge in [0.15, 0.2) is 0 Å². The van der Waals surface area contributed by atoms with Gasteiger partial charge in [0, 0.05) is 13.1 Å².